The number of hydrogen-bond acceptors (Lipinski definition) is 5. The Balaban J connectivity index is 1.64. The molecule has 2 heterocycles. The standard InChI is InChI=1S/C16H15N5O2/c1-23-13-6-2-4-11(8-13)16(22)18-10-14-19-15(21-20-14)12-5-3-7-17-9-12/h2-9H,10H2,1H3,(H,18,22)(H,19,20,21). The smallest absolute Gasteiger partial charge is 0.251 e. The molecule has 0 saturated heterocycles. The number of carbonyl (C=O) groups is 1. The molecule has 0 aliphatic heterocycles. The third-order valence-electron chi connectivity index (χ3n) is 3.20. The number of carbonyl (C=O) groups excluding carboxylic acids is 1. The molecule has 2 aromatic heterocycles. The minimum absolute atomic E-state index is 0.205. The molecule has 2 N–H and O–H groups in total. The van der Waals surface area contributed by atoms with Crippen LogP contribution >= 0.6 is 0 Å². The molecule has 1 amide bonds. The van der Waals surface area contributed by atoms with Gasteiger partial charge in [-0.1, -0.05) is 6.07 Å². The highest BCUT2D eigenvalue weighted by Gasteiger charge is 2.09. The van der Waals surface area contributed by atoms with E-state index >= 15 is 0 Å². The molecule has 0 aliphatic rings. The molecule has 0 spiro atoms. The summed E-state index contributed by atoms with van der Waals surface area (Å²) in [5.41, 5.74) is 1.34. The lowest BCUT2D eigenvalue weighted by molar-refractivity contribution is 0.0949. The van der Waals surface area contributed by atoms with Gasteiger partial charge in [0, 0.05) is 23.5 Å². The van der Waals surface area contributed by atoms with E-state index in [0.29, 0.717) is 23.0 Å². The van der Waals surface area contributed by atoms with Crippen LogP contribution in [0.25, 0.3) is 11.4 Å². The third kappa shape index (κ3) is 3.52. The van der Waals surface area contributed by atoms with E-state index in [2.05, 4.69) is 25.5 Å². The lowest BCUT2D eigenvalue weighted by atomic mass is 10.2. The molecule has 3 rings (SSSR count). The van der Waals surface area contributed by atoms with Crippen molar-refractivity contribution in [2.75, 3.05) is 7.11 Å². The lowest BCUT2D eigenvalue weighted by Crippen LogP contribution is -2.23. The van der Waals surface area contributed by atoms with Gasteiger partial charge in [-0.05, 0) is 30.3 Å². The molecular weight excluding hydrogens is 294 g/mol. The number of rotatable bonds is 5. The summed E-state index contributed by atoms with van der Waals surface area (Å²) in [5.74, 6) is 1.54. The average Bonchev–Trinajstić information content (AvgIpc) is 3.09. The second kappa shape index (κ2) is 6.69. The molecule has 7 nitrogen and oxygen atoms in total. The topological polar surface area (TPSA) is 92.8 Å². The van der Waals surface area contributed by atoms with E-state index in [9.17, 15) is 4.79 Å². The van der Waals surface area contributed by atoms with Crippen LogP contribution in [0, 0.1) is 0 Å². The zero-order chi connectivity index (χ0) is 16.1. The van der Waals surface area contributed by atoms with Gasteiger partial charge in [-0.2, -0.15) is 5.10 Å². The Morgan fingerprint density at radius 1 is 1.30 bits per heavy atom. The maximum Gasteiger partial charge on any atom is 0.251 e. The molecule has 7 heteroatoms. The highest BCUT2D eigenvalue weighted by molar-refractivity contribution is 5.94. The number of nitrogens with one attached hydrogen (secondary N) is 2. The number of methoxy groups -OCH3 is 1. The molecular formula is C16H15N5O2. The first-order valence-electron chi connectivity index (χ1n) is 7.00. The molecule has 0 bridgehead atoms. The Labute approximate surface area is 132 Å². The van der Waals surface area contributed by atoms with Crippen molar-refractivity contribution in [1.82, 2.24) is 25.5 Å². The Hall–Kier alpha value is -3.22. The minimum Gasteiger partial charge on any atom is -0.497 e. The predicted octanol–water partition coefficient (Wildman–Crippen LogP) is 1.81. The number of amides is 1. The van der Waals surface area contributed by atoms with Crippen molar-refractivity contribution in [3.63, 3.8) is 0 Å². The van der Waals surface area contributed by atoms with Gasteiger partial charge >= 0.3 is 0 Å². The summed E-state index contributed by atoms with van der Waals surface area (Å²) in [6, 6.07) is 10.6. The van der Waals surface area contributed by atoms with Crippen molar-refractivity contribution in [1.29, 1.82) is 0 Å². The molecule has 0 radical (unpaired) electrons. The van der Waals surface area contributed by atoms with Crippen LogP contribution in [-0.2, 0) is 6.54 Å². The first-order valence-corrected chi connectivity index (χ1v) is 7.00. The Morgan fingerprint density at radius 2 is 2.22 bits per heavy atom. The summed E-state index contributed by atoms with van der Waals surface area (Å²) in [7, 11) is 1.56. The van der Waals surface area contributed by atoms with Gasteiger partial charge in [0.25, 0.3) is 5.91 Å². The number of benzene rings is 1. The van der Waals surface area contributed by atoms with E-state index in [1.54, 1.807) is 43.8 Å². The Morgan fingerprint density at radius 3 is 3.00 bits per heavy atom. The number of nitrogens with zero attached hydrogens (tertiary/aromatic N) is 3. The first kappa shape index (κ1) is 14.7. The molecule has 0 unspecified atom stereocenters. The Kier molecular flexibility index (Phi) is 4.28. The molecule has 3 aromatic rings. The van der Waals surface area contributed by atoms with Gasteiger partial charge in [-0.15, -0.1) is 0 Å². The number of aromatic amines is 1. The zero-order valence-electron chi connectivity index (χ0n) is 12.5. The quantitative estimate of drug-likeness (QED) is 0.749. The molecule has 0 fully saturated rings. The van der Waals surface area contributed by atoms with E-state index < -0.39 is 0 Å². The average molecular weight is 309 g/mol. The molecule has 23 heavy (non-hydrogen) atoms. The van der Waals surface area contributed by atoms with Crippen LogP contribution < -0.4 is 10.1 Å². The lowest BCUT2D eigenvalue weighted by Gasteiger charge is -2.05. The fourth-order valence-electron chi connectivity index (χ4n) is 2.03. The van der Waals surface area contributed by atoms with Gasteiger partial charge in [0.1, 0.15) is 11.6 Å². The van der Waals surface area contributed by atoms with Gasteiger partial charge in [0.15, 0.2) is 5.82 Å². The van der Waals surface area contributed by atoms with Crippen LogP contribution in [0.2, 0.25) is 0 Å². The molecule has 1 aromatic carbocycles. The van der Waals surface area contributed by atoms with Crippen LogP contribution in [0.1, 0.15) is 16.2 Å². The number of pyridine rings is 1. The summed E-state index contributed by atoms with van der Waals surface area (Å²) < 4.78 is 5.11. The maximum absolute atomic E-state index is 12.1. The maximum atomic E-state index is 12.1. The SMILES string of the molecule is COc1cccc(C(=O)NCc2nc(-c3cccnc3)n[nH]2)c1. The molecule has 116 valence electrons. The van der Waals surface area contributed by atoms with Crippen LogP contribution in [0.3, 0.4) is 0 Å². The Bertz CT molecular complexity index is 801. The molecule has 0 atom stereocenters. The fraction of sp³-hybridized carbons (Fsp3) is 0.125. The normalized spacial score (nSPS) is 10.3. The number of aromatic nitrogens is 4. The van der Waals surface area contributed by atoms with Crippen LogP contribution in [0.4, 0.5) is 0 Å². The second-order valence-electron chi connectivity index (χ2n) is 4.76. The van der Waals surface area contributed by atoms with Gasteiger partial charge < -0.3 is 10.1 Å². The van der Waals surface area contributed by atoms with Crippen LogP contribution in [0.15, 0.2) is 48.8 Å². The highest BCUT2D eigenvalue weighted by atomic mass is 16.5. The molecule has 0 saturated carbocycles. The third-order valence-corrected chi connectivity index (χ3v) is 3.20. The van der Waals surface area contributed by atoms with Crippen molar-refractivity contribution in [3.05, 3.63) is 60.2 Å². The summed E-state index contributed by atoms with van der Waals surface area (Å²) in [4.78, 5) is 20.5. The predicted molar refractivity (Wildman–Crippen MR) is 83.8 cm³/mol. The second-order valence-corrected chi connectivity index (χ2v) is 4.76. The van der Waals surface area contributed by atoms with Gasteiger partial charge in [0.05, 0.1) is 13.7 Å². The van der Waals surface area contributed by atoms with E-state index in [1.165, 1.54) is 0 Å². The van der Waals surface area contributed by atoms with Crippen molar-refractivity contribution in [3.8, 4) is 17.1 Å². The van der Waals surface area contributed by atoms with E-state index in [0.717, 1.165) is 5.56 Å². The first-order chi connectivity index (χ1) is 11.3. The largest absolute Gasteiger partial charge is 0.497 e. The number of hydrogen-bond donors (Lipinski definition) is 2. The summed E-state index contributed by atoms with van der Waals surface area (Å²) >= 11 is 0. The van der Waals surface area contributed by atoms with Gasteiger partial charge in [-0.3, -0.25) is 14.9 Å². The monoisotopic (exact) mass is 309 g/mol. The summed E-state index contributed by atoms with van der Waals surface area (Å²) in [6.07, 6.45) is 3.37. The fourth-order valence-corrected chi connectivity index (χ4v) is 2.03. The molecule has 0 aliphatic carbocycles. The van der Waals surface area contributed by atoms with E-state index in [1.807, 2.05) is 12.1 Å². The van der Waals surface area contributed by atoms with Crippen LogP contribution in [0.5, 0.6) is 5.75 Å². The summed E-state index contributed by atoms with van der Waals surface area (Å²) in [5, 5.41) is 9.71. The van der Waals surface area contributed by atoms with Gasteiger partial charge in [-0.25, -0.2) is 4.98 Å². The number of H-pyrrole nitrogens is 1. The van der Waals surface area contributed by atoms with Crippen LogP contribution in [-0.4, -0.2) is 33.2 Å². The van der Waals surface area contributed by atoms with Crippen molar-refractivity contribution < 1.29 is 9.53 Å². The van der Waals surface area contributed by atoms with E-state index in [-0.39, 0.29) is 12.5 Å². The van der Waals surface area contributed by atoms with Crippen molar-refractivity contribution in [2.24, 2.45) is 0 Å². The minimum atomic E-state index is -0.205. The van der Waals surface area contributed by atoms with Crippen molar-refractivity contribution in [2.45, 2.75) is 6.54 Å². The summed E-state index contributed by atoms with van der Waals surface area (Å²) in [6.45, 7) is 0.253. The highest BCUT2D eigenvalue weighted by Crippen LogP contribution is 2.13. The number of ether oxygens (including phenoxy) is 1. The van der Waals surface area contributed by atoms with Gasteiger partial charge in [0.2, 0.25) is 0 Å². The van der Waals surface area contributed by atoms with Crippen molar-refractivity contribution >= 4 is 5.91 Å². The van der Waals surface area contributed by atoms with E-state index in [4.69, 9.17) is 4.74 Å². The zero-order valence-corrected chi connectivity index (χ0v) is 12.5.